The van der Waals surface area contributed by atoms with Crippen molar-refractivity contribution in [1.82, 2.24) is 15.0 Å². The molecule has 0 amide bonds. The van der Waals surface area contributed by atoms with Crippen LogP contribution in [0.4, 0.5) is 0 Å². The number of benzene rings is 1. The molecule has 0 saturated carbocycles. The molecule has 6 nitrogen and oxygen atoms in total. The van der Waals surface area contributed by atoms with Crippen molar-refractivity contribution in [2.45, 2.75) is 19.4 Å². The van der Waals surface area contributed by atoms with Gasteiger partial charge in [-0.1, -0.05) is 17.3 Å². The SMILES string of the molecule is COc1ccccc1OCCn1cc(CCCO)nn1. The molecule has 0 unspecified atom stereocenters. The first-order valence-electron chi connectivity index (χ1n) is 6.59. The fourth-order valence-electron chi connectivity index (χ4n) is 1.81. The monoisotopic (exact) mass is 277 g/mol. The summed E-state index contributed by atoms with van der Waals surface area (Å²) in [6.07, 6.45) is 3.32. The van der Waals surface area contributed by atoms with E-state index in [9.17, 15) is 0 Å². The molecule has 1 aromatic heterocycles. The molecule has 6 heteroatoms. The van der Waals surface area contributed by atoms with Crippen LogP contribution in [0.1, 0.15) is 12.1 Å². The van der Waals surface area contributed by atoms with Gasteiger partial charge in [-0.2, -0.15) is 0 Å². The number of hydrogen-bond acceptors (Lipinski definition) is 5. The summed E-state index contributed by atoms with van der Waals surface area (Å²) in [6, 6.07) is 7.53. The Morgan fingerprint density at radius 3 is 2.80 bits per heavy atom. The van der Waals surface area contributed by atoms with Crippen molar-refractivity contribution >= 4 is 0 Å². The number of nitrogens with zero attached hydrogens (tertiary/aromatic N) is 3. The molecular formula is C14H19N3O3. The van der Waals surface area contributed by atoms with Gasteiger partial charge in [0.05, 0.1) is 19.3 Å². The van der Waals surface area contributed by atoms with E-state index in [1.165, 1.54) is 0 Å². The summed E-state index contributed by atoms with van der Waals surface area (Å²) in [6.45, 7) is 1.27. The Kier molecular flexibility index (Phi) is 5.37. The van der Waals surface area contributed by atoms with Crippen LogP contribution in [-0.4, -0.2) is 40.4 Å². The number of aromatic nitrogens is 3. The van der Waals surface area contributed by atoms with E-state index in [1.807, 2.05) is 30.5 Å². The van der Waals surface area contributed by atoms with E-state index in [0.29, 0.717) is 19.6 Å². The van der Waals surface area contributed by atoms with Crippen LogP contribution in [0.5, 0.6) is 11.5 Å². The van der Waals surface area contributed by atoms with Gasteiger partial charge in [0.25, 0.3) is 0 Å². The summed E-state index contributed by atoms with van der Waals surface area (Å²) in [7, 11) is 1.62. The average Bonchev–Trinajstić information content (AvgIpc) is 2.93. The van der Waals surface area contributed by atoms with Crippen molar-refractivity contribution < 1.29 is 14.6 Å². The predicted octanol–water partition coefficient (Wildman–Crippen LogP) is 1.29. The lowest BCUT2D eigenvalue weighted by atomic mass is 10.3. The lowest BCUT2D eigenvalue weighted by Crippen LogP contribution is -2.09. The summed E-state index contributed by atoms with van der Waals surface area (Å²) in [4.78, 5) is 0. The van der Waals surface area contributed by atoms with Crippen LogP contribution in [0.2, 0.25) is 0 Å². The molecule has 0 atom stereocenters. The Balaban J connectivity index is 1.82. The summed E-state index contributed by atoms with van der Waals surface area (Å²) in [5.41, 5.74) is 0.886. The summed E-state index contributed by atoms with van der Waals surface area (Å²) in [5.74, 6) is 1.44. The standard InChI is InChI=1S/C14H19N3O3/c1-19-13-6-2-3-7-14(13)20-10-8-17-11-12(15-16-17)5-4-9-18/h2-3,6-7,11,18H,4-5,8-10H2,1H3. The fourth-order valence-corrected chi connectivity index (χ4v) is 1.81. The third-order valence-corrected chi connectivity index (χ3v) is 2.82. The van der Waals surface area contributed by atoms with Gasteiger partial charge in [-0.05, 0) is 25.0 Å². The molecule has 20 heavy (non-hydrogen) atoms. The molecule has 2 rings (SSSR count). The predicted molar refractivity (Wildman–Crippen MR) is 73.9 cm³/mol. The maximum Gasteiger partial charge on any atom is 0.161 e. The Bertz CT molecular complexity index is 528. The number of aryl methyl sites for hydroxylation is 1. The Labute approximate surface area is 117 Å². The molecule has 0 aliphatic heterocycles. The minimum absolute atomic E-state index is 0.170. The van der Waals surface area contributed by atoms with Gasteiger partial charge in [-0.3, -0.25) is 0 Å². The van der Waals surface area contributed by atoms with E-state index >= 15 is 0 Å². The number of para-hydroxylation sites is 2. The van der Waals surface area contributed by atoms with Gasteiger partial charge in [0.15, 0.2) is 11.5 Å². The first-order valence-corrected chi connectivity index (χ1v) is 6.59. The maximum absolute atomic E-state index is 8.76. The van der Waals surface area contributed by atoms with Crippen molar-refractivity contribution in [1.29, 1.82) is 0 Å². The van der Waals surface area contributed by atoms with E-state index in [1.54, 1.807) is 11.8 Å². The first-order chi connectivity index (χ1) is 9.83. The van der Waals surface area contributed by atoms with Crippen molar-refractivity contribution in [2.75, 3.05) is 20.3 Å². The molecule has 0 radical (unpaired) electrons. The molecule has 1 aromatic carbocycles. The lowest BCUT2D eigenvalue weighted by Gasteiger charge is -2.09. The van der Waals surface area contributed by atoms with Gasteiger partial charge in [-0.25, -0.2) is 4.68 Å². The highest BCUT2D eigenvalue weighted by molar-refractivity contribution is 5.39. The van der Waals surface area contributed by atoms with Gasteiger partial charge >= 0.3 is 0 Å². The van der Waals surface area contributed by atoms with E-state index < -0.39 is 0 Å². The Morgan fingerprint density at radius 2 is 2.05 bits per heavy atom. The van der Waals surface area contributed by atoms with Crippen LogP contribution in [0.15, 0.2) is 30.5 Å². The number of rotatable bonds is 8. The summed E-state index contributed by atoms with van der Waals surface area (Å²) < 4.78 is 12.6. The lowest BCUT2D eigenvalue weighted by molar-refractivity contribution is 0.273. The molecule has 108 valence electrons. The Hall–Kier alpha value is -2.08. The van der Waals surface area contributed by atoms with Crippen LogP contribution in [0, 0.1) is 0 Å². The largest absolute Gasteiger partial charge is 0.493 e. The third-order valence-electron chi connectivity index (χ3n) is 2.82. The average molecular weight is 277 g/mol. The smallest absolute Gasteiger partial charge is 0.161 e. The van der Waals surface area contributed by atoms with Gasteiger partial charge in [0.1, 0.15) is 6.61 Å². The highest BCUT2D eigenvalue weighted by Gasteiger charge is 2.04. The van der Waals surface area contributed by atoms with E-state index in [-0.39, 0.29) is 6.61 Å². The van der Waals surface area contributed by atoms with Crippen LogP contribution in [0.3, 0.4) is 0 Å². The molecule has 0 bridgehead atoms. The zero-order chi connectivity index (χ0) is 14.2. The zero-order valence-corrected chi connectivity index (χ0v) is 11.5. The van der Waals surface area contributed by atoms with Crippen LogP contribution in [-0.2, 0) is 13.0 Å². The highest BCUT2D eigenvalue weighted by Crippen LogP contribution is 2.25. The highest BCUT2D eigenvalue weighted by atomic mass is 16.5. The number of hydrogen-bond donors (Lipinski definition) is 1. The van der Waals surface area contributed by atoms with Crippen molar-refractivity contribution in [3.05, 3.63) is 36.2 Å². The second-order valence-corrected chi connectivity index (χ2v) is 4.30. The summed E-state index contributed by atoms with van der Waals surface area (Å²) >= 11 is 0. The molecule has 1 N–H and O–H groups in total. The molecule has 0 saturated heterocycles. The van der Waals surface area contributed by atoms with E-state index in [4.69, 9.17) is 14.6 Å². The van der Waals surface area contributed by atoms with Crippen molar-refractivity contribution in [2.24, 2.45) is 0 Å². The zero-order valence-electron chi connectivity index (χ0n) is 11.5. The maximum atomic E-state index is 8.76. The van der Waals surface area contributed by atoms with Crippen molar-refractivity contribution in [3.8, 4) is 11.5 Å². The fraction of sp³-hybridized carbons (Fsp3) is 0.429. The molecule has 1 heterocycles. The Morgan fingerprint density at radius 1 is 1.25 bits per heavy atom. The topological polar surface area (TPSA) is 69.4 Å². The van der Waals surface area contributed by atoms with Crippen LogP contribution >= 0.6 is 0 Å². The first kappa shape index (κ1) is 14.3. The molecule has 2 aromatic rings. The van der Waals surface area contributed by atoms with E-state index in [2.05, 4.69) is 10.3 Å². The minimum atomic E-state index is 0.170. The quantitative estimate of drug-likeness (QED) is 0.787. The molecule has 0 spiro atoms. The second kappa shape index (κ2) is 7.49. The second-order valence-electron chi connectivity index (χ2n) is 4.30. The number of aliphatic hydroxyl groups is 1. The van der Waals surface area contributed by atoms with Gasteiger partial charge in [0, 0.05) is 12.8 Å². The van der Waals surface area contributed by atoms with Gasteiger partial charge in [-0.15, -0.1) is 5.10 Å². The molecular weight excluding hydrogens is 258 g/mol. The van der Waals surface area contributed by atoms with Crippen LogP contribution in [0.25, 0.3) is 0 Å². The number of aliphatic hydroxyl groups excluding tert-OH is 1. The third kappa shape index (κ3) is 3.96. The number of ether oxygens (including phenoxy) is 2. The van der Waals surface area contributed by atoms with Crippen molar-refractivity contribution in [3.63, 3.8) is 0 Å². The molecule has 0 aliphatic carbocycles. The molecule has 0 fully saturated rings. The summed E-state index contributed by atoms with van der Waals surface area (Å²) in [5, 5.41) is 16.8. The normalized spacial score (nSPS) is 10.5. The minimum Gasteiger partial charge on any atom is -0.493 e. The molecule has 0 aliphatic rings. The number of methoxy groups -OCH3 is 1. The van der Waals surface area contributed by atoms with E-state index in [0.717, 1.165) is 23.6 Å². The van der Waals surface area contributed by atoms with Gasteiger partial charge in [0.2, 0.25) is 0 Å². The van der Waals surface area contributed by atoms with Gasteiger partial charge < -0.3 is 14.6 Å². The van der Waals surface area contributed by atoms with Crippen LogP contribution < -0.4 is 9.47 Å².